The van der Waals surface area contributed by atoms with E-state index in [0.717, 1.165) is 19.3 Å². The van der Waals surface area contributed by atoms with Gasteiger partial charge in [-0.3, -0.25) is 4.79 Å². The predicted octanol–water partition coefficient (Wildman–Crippen LogP) is 4.01. The van der Waals surface area contributed by atoms with Crippen molar-refractivity contribution in [1.82, 2.24) is 19.9 Å². The largest absolute Gasteiger partial charge is 0.487 e. The number of aliphatic carboxylic acids is 1. The third kappa shape index (κ3) is 5.48. The molecule has 10 heteroatoms. The lowest BCUT2D eigenvalue weighted by Gasteiger charge is -2.29. The first-order chi connectivity index (χ1) is 16.3. The molecule has 0 aliphatic heterocycles. The molecule has 2 aliphatic rings. The first-order valence-electron chi connectivity index (χ1n) is 11.8. The van der Waals surface area contributed by atoms with Crippen LogP contribution < -0.4 is 4.74 Å². The van der Waals surface area contributed by atoms with Crippen LogP contribution in [0.4, 0.5) is 9.18 Å². The SMILES string of the molecule is CN(CC1CCC1)C(=O)OCc1c(-c2ccc(O[C@H]3CCC[C@H](C(=O)O)C3)c(F)c2)nnn1C. The quantitative estimate of drug-likeness (QED) is 0.616. The summed E-state index contributed by atoms with van der Waals surface area (Å²) in [6.07, 6.45) is 5.15. The molecular weight excluding hydrogens is 443 g/mol. The topological polar surface area (TPSA) is 107 Å². The van der Waals surface area contributed by atoms with Gasteiger partial charge in [0, 0.05) is 26.2 Å². The standard InChI is InChI=1S/C24H31FN4O5/c1-28(13-15-5-3-6-15)24(32)33-14-20-22(26-27-29(20)2)16-9-10-21(19(25)12-16)34-18-8-4-7-17(11-18)23(30)31/h9-10,12,15,17-18H,3-8,11,13-14H2,1-2H3,(H,30,31)/t17-,18-/m0/s1. The molecule has 9 nitrogen and oxygen atoms in total. The Morgan fingerprint density at radius 1 is 1.24 bits per heavy atom. The lowest BCUT2D eigenvalue weighted by molar-refractivity contribution is -0.143. The van der Waals surface area contributed by atoms with Crippen LogP contribution in [0.15, 0.2) is 18.2 Å². The zero-order valence-corrected chi connectivity index (χ0v) is 19.6. The number of hydrogen-bond acceptors (Lipinski definition) is 6. The summed E-state index contributed by atoms with van der Waals surface area (Å²) in [5.41, 5.74) is 1.46. The van der Waals surface area contributed by atoms with Gasteiger partial charge in [0.25, 0.3) is 0 Å². The second-order valence-electron chi connectivity index (χ2n) is 9.33. The molecule has 2 fully saturated rings. The Bertz CT molecular complexity index is 1040. The van der Waals surface area contributed by atoms with Gasteiger partial charge in [0.15, 0.2) is 11.6 Å². The summed E-state index contributed by atoms with van der Waals surface area (Å²) in [5.74, 6) is -1.25. The highest BCUT2D eigenvalue weighted by Crippen LogP contribution is 2.32. The molecule has 0 radical (unpaired) electrons. The number of carbonyl (C=O) groups excluding carboxylic acids is 1. The van der Waals surface area contributed by atoms with Gasteiger partial charge in [0.1, 0.15) is 18.0 Å². The Balaban J connectivity index is 1.41. The number of benzene rings is 1. The zero-order valence-electron chi connectivity index (χ0n) is 19.6. The van der Waals surface area contributed by atoms with Crippen LogP contribution >= 0.6 is 0 Å². The number of carboxylic acids is 1. The van der Waals surface area contributed by atoms with Crippen molar-refractivity contribution >= 4 is 12.1 Å². The minimum Gasteiger partial charge on any atom is -0.487 e. The van der Waals surface area contributed by atoms with Crippen LogP contribution in [0.1, 0.15) is 50.6 Å². The average molecular weight is 475 g/mol. The van der Waals surface area contributed by atoms with Crippen LogP contribution in [0.5, 0.6) is 5.75 Å². The van der Waals surface area contributed by atoms with Gasteiger partial charge in [-0.1, -0.05) is 11.6 Å². The number of aryl methyl sites for hydroxylation is 1. The number of ether oxygens (including phenoxy) is 2. The van der Waals surface area contributed by atoms with Crippen LogP contribution in [0.3, 0.4) is 0 Å². The summed E-state index contributed by atoms with van der Waals surface area (Å²) in [6.45, 7) is 0.640. The highest BCUT2D eigenvalue weighted by atomic mass is 19.1. The average Bonchev–Trinajstić information content (AvgIpc) is 3.16. The molecule has 34 heavy (non-hydrogen) atoms. The molecule has 1 aromatic heterocycles. The lowest BCUT2D eigenvalue weighted by atomic mass is 9.85. The Hall–Kier alpha value is -3.17. The van der Waals surface area contributed by atoms with E-state index in [1.165, 1.54) is 23.2 Å². The van der Waals surface area contributed by atoms with E-state index >= 15 is 0 Å². The van der Waals surface area contributed by atoms with E-state index in [-0.39, 0.29) is 18.5 Å². The lowest BCUT2D eigenvalue weighted by Crippen LogP contribution is -2.34. The molecule has 0 saturated heterocycles. The third-order valence-electron chi connectivity index (χ3n) is 6.82. The van der Waals surface area contributed by atoms with Crippen LogP contribution in [0.25, 0.3) is 11.3 Å². The normalized spacial score (nSPS) is 20.4. The summed E-state index contributed by atoms with van der Waals surface area (Å²) in [7, 11) is 3.41. The number of nitrogens with zero attached hydrogens (tertiary/aromatic N) is 4. The van der Waals surface area contributed by atoms with Gasteiger partial charge < -0.3 is 19.5 Å². The zero-order chi connectivity index (χ0) is 24.2. The van der Waals surface area contributed by atoms with Gasteiger partial charge in [-0.05, 0) is 62.6 Å². The fourth-order valence-corrected chi connectivity index (χ4v) is 4.54. The number of amides is 1. The molecule has 4 rings (SSSR count). The van der Waals surface area contributed by atoms with Crippen LogP contribution in [-0.4, -0.2) is 56.8 Å². The molecule has 1 amide bonds. The van der Waals surface area contributed by atoms with Crippen molar-refractivity contribution in [2.45, 2.75) is 57.7 Å². The first kappa shape index (κ1) is 24.0. The molecule has 1 N–H and O–H groups in total. The monoisotopic (exact) mass is 474 g/mol. The number of halogens is 1. The van der Waals surface area contributed by atoms with Gasteiger partial charge in [-0.25, -0.2) is 13.9 Å². The molecule has 184 valence electrons. The Kier molecular flexibility index (Phi) is 7.33. The minimum absolute atomic E-state index is 0.0365. The first-order valence-corrected chi connectivity index (χ1v) is 11.8. The summed E-state index contributed by atoms with van der Waals surface area (Å²) < 4.78 is 27.6. The maximum Gasteiger partial charge on any atom is 0.409 e. The summed E-state index contributed by atoms with van der Waals surface area (Å²) in [5, 5.41) is 17.4. The maximum absolute atomic E-state index is 14.9. The molecule has 2 saturated carbocycles. The van der Waals surface area contributed by atoms with E-state index in [0.29, 0.717) is 48.7 Å². The molecule has 2 aromatic rings. The van der Waals surface area contributed by atoms with E-state index in [2.05, 4.69) is 10.3 Å². The predicted molar refractivity (Wildman–Crippen MR) is 121 cm³/mol. The van der Waals surface area contributed by atoms with Crippen molar-refractivity contribution < 1.29 is 28.6 Å². The van der Waals surface area contributed by atoms with E-state index < -0.39 is 23.8 Å². The molecule has 0 bridgehead atoms. The van der Waals surface area contributed by atoms with Gasteiger partial charge >= 0.3 is 12.1 Å². The number of hydrogen-bond donors (Lipinski definition) is 1. The molecule has 1 heterocycles. The second-order valence-corrected chi connectivity index (χ2v) is 9.33. The Labute approximate surface area is 197 Å². The second kappa shape index (κ2) is 10.4. The van der Waals surface area contributed by atoms with Gasteiger partial charge in [0.05, 0.1) is 12.0 Å². The molecular formula is C24H31FN4O5. The van der Waals surface area contributed by atoms with Crippen LogP contribution in [-0.2, 0) is 23.2 Å². The van der Waals surface area contributed by atoms with Gasteiger partial charge in [0.2, 0.25) is 0 Å². The number of carboxylic acid groups (broad SMARTS) is 1. The molecule has 2 atom stereocenters. The number of rotatable bonds is 8. The van der Waals surface area contributed by atoms with E-state index in [4.69, 9.17) is 9.47 Å². The number of aromatic nitrogens is 3. The molecule has 1 aromatic carbocycles. The van der Waals surface area contributed by atoms with Crippen molar-refractivity contribution in [2.24, 2.45) is 18.9 Å². The Morgan fingerprint density at radius 3 is 2.68 bits per heavy atom. The van der Waals surface area contributed by atoms with Crippen LogP contribution in [0, 0.1) is 17.7 Å². The van der Waals surface area contributed by atoms with E-state index in [1.54, 1.807) is 25.1 Å². The van der Waals surface area contributed by atoms with Crippen molar-refractivity contribution in [3.63, 3.8) is 0 Å². The summed E-state index contributed by atoms with van der Waals surface area (Å²) in [6, 6.07) is 4.50. The van der Waals surface area contributed by atoms with E-state index in [1.807, 2.05) is 0 Å². The summed E-state index contributed by atoms with van der Waals surface area (Å²) in [4.78, 5) is 25.2. The molecule has 0 unspecified atom stereocenters. The highest BCUT2D eigenvalue weighted by Gasteiger charge is 2.29. The minimum atomic E-state index is -0.839. The maximum atomic E-state index is 14.9. The molecule has 2 aliphatic carbocycles. The van der Waals surface area contributed by atoms with Crippen molar-refractivity contribution in [3.05, 3.63) is 29.7 Å². The van der Waals surface area contributed by atoms with Gasteiger partial charge in [-0.2, -0.15) is 0 Å². The smallest absolute Gasteiger partial charge is 0.409 e. The molecule has 0 spiro atoms. The van der Waals surface area contributed by atoms with Gasteiger partial charge in [-0.15, -0.1) is 5.10 Å². The van der Waals surface area contributed by atoms with Crippen molar-refractivity contribution in [1.29, 1.82) is 0 Å². The van der Waals surface area contributed by atoms with Crippen LogP contribution in [0.2, 0.25) is 0 Å². The number of carbonyl (C=O) groups is 2. The highest BCUT2D eigenvalue weighted by molar-refractivity contribution is 5.70. The Morgan fingerprint density at radius 2 is 2.00 bits per heavy atom. The van der Waals surface area contributed by atoms with Crippen molar-refractivity contribution in [3.8, 4) is 17.0 Å². The summed E-state index contributed by atoms with van der Waals surface area (Å²) >= 11 is 0. The fourth-order valence-electron chi connectivity index (χ4n) is 4.54. The van der Waals surface area contributed by atoms with Crippen molar-refractivity contribution in [2.75, 3.05) is 13.6 Å². The fraction of sp³-hybridized carbons (Fsp3) is 0.583. The van der Waals surface area contributed by atoms with E-state index in [9.17, 15) is 19.1 Å². The third-order valence-corrected chi connectivity index (χ3v) is 6.82.